The Morgan fingerprint density at radius 2 is 1.84 bits per heavy atom. The van der Waals surface area contributed by atoms with Gasteiger partial charge in [-0.2, -0.15) is 5.26 Å². The van der Waals surface area contributed by atoms with Crippen molar-refractivity contribution in [2.45, 2.75) is 4.90 Å². The number of halogens is 3. The van der Waals surface area contributed by atoms with Crippen LogP contribution in [0.1, 0.15) is 5.56 Å². The highest BCUT2D eigenvalue weighted by molar-refractivity contribution is 9.10. The van der Waals surface area contributed by atoms with Crippen molar-refractivity contribution < 1.29 is 21.2 Å². The van der Waals surface area contributed by atoms with Gasteiger partial charge in [0.15, 0.2) is 15.7 Å². The van der Waals surface area contributed by atoms with E-state index in [0.717, 1.165) is 12.1 Å². The zero-order valence-corrected chi connectivity index (χ0v) is 13.1. The number of hydrogen-bond acceptors (Lipinski definition) is 5. The molecule has 0 spiro atoms. The van der Waals surface area contributed by atoms with Gasteiger partial charge in [0, 0.05) is 10.7 Å². The first-order chi connectivity index (χ1) is 8.58. The molecule has 0 N–H and O–H groups in total. The normalized spacial score (nSPS) is 12.1. The Kier molecular flexibility index (Phi) is 4.95. The molecule has 0 saturated heterocycles. The fourth-order valence-corrected chi connectivity index (χ4v) is 4.85. The maximum atomic E-state index is 13.8. The third-order valence-corrected chi connectivity index (χ3v) is 6.01. The zero-order chi connectivity index (χ0) is 14.8. The molecule has 104 valence electrons. The standard InChI is InChI=1S/C9H6BrClFNO4S2/c10-8-6(5-13)1-2-7(9(8)12)18(14,15)3-4-19(11,16)17/h1-2H,3-4H2. The first-order valence-electron chi connectivity index (χ1n) is 4.61. The van der Waals surface area contributed by atoms with E-state index in [2.05, 4.69) is 15.9 Å². The number of hydrogen-bond donors (Lipinski definition) is 0. The summed E-state index contributed by atoms with van der Waals surface area (Å²) in [6, 6.07) is 3.70. The van der Waals surface area contributed by atoms with Crippen molar-refractivity contribution >= 4 is 45.5 Å². The number of rotatable bonds is 4. The van der Waals surface area contributed by atoms with Crippen LogP contribution in [-0.2, 0) is 18.9 Å². The molecular weight excluding hydrogens is 385 g/mol. The fourth-order valence-electron chi connectivity index (χ4n) is 1.18. The largest absolute Gasteiger partial charge is 0.233 e. The molecule has 5 nitrogen and oxygen atoms in total. The average Bonchev–Trinajstić information content (AvgIpc) is 2.29. The summed E-state index contributed by atoms with van der Waals surface area (Å²) in [4.78, 5) is -0.682. The Morgan fingerprint density at radius 3 is 2.32 bits per heavy atom. The van der Waals surface area contributed by atoms with Crippen LogP contribution in [0, 0.1) is 17.1 Å². The van der Waals surface area contributed by atoms with Crippen LogP contribution in [0.3, 0.4) is 0 Å². The molecule has 0 heterocycles. The van der Waals surface area contributed by atoms with Crippen LogP contribution in [-0.4, -0.2) is 28.3 Å². The van der Waals surface area contributed by atoms with E-state index < -0.39 is 41.1 Å². The molecular formula is C9H6BrClFNO4S2. The third kappa shape index (κ3) is 4.14. The van der Waals surface area contributed by atoms with Crippen LogP contribution >= 0.6 is 26.6 Å². The lowest BCUT2D eigenvalue weighted by Crippen LogP contribution is -2.15. The molecule has 0 bridgehead atoms. The molecule has 0 aromatic heterocycles. The van der Waals surface area contributed by atoms with Crippen LogP contribution in [0.25, 0.3) is 0 Å². The monoisotopic (exact) mass is 389 g/mol. The Labute approximate surface area is 122 Å². The Morgan fingerprint density at radius 1 is 1.26 bits per heavy atom. The van der Waals surface area contributed by atoms with Crippen LogP contribution in [0.4, 0.5) is 4.39 Å². The second kappa shape index (κ2) is 5.75. The maximum Gasteiger partial charge on any atom is 0.233 e. The van der Waals surface area contributed by atoms with Crippen LogP contribution < -0.4 is 0 Å². The number of benzene rings is 1. The van der Waals surface area contributed by atoms with Gasteiger partial charge in [0.25, 0.3) is 0 Å². The van der Waals surface area contributed by atoms with Crippen molar-refractivity contribution in [1.29, 1.82) is 5.26 Å². The van der Waals surface area contributed by atoms with Gasteiger partial charge in [-0.05, 0) is 28.1 Å². The lowest BCUT2D eigenvalue weighted by Gasteiger charge is -2.06. The highest BCUT2D eigenvalue weighted by Crippen LogP contribution is 2.27. The predicted molar refractivity (Wildman–Crippen MR) is 70.5 cm³/mol. The predicted octanol–water partition coefficient (Wildman–Crippen LogP) is 1.80. The van der Waals surface area contributed by atoms with E-state index in [0.29, 0.717) is 0 Å². The lowest BCUT2D eigenvalue weighted by molar-refractivity contribution is 0.562. The average molecular weight is 391 g/mol. The molecule has 10 heteroatoms. The third-order valence-electron chi connectivity index (χ3n) is 2.10. The summed E-state index contributed by atoms with van der Waals surface area (Å²) in [5.41, 5.74) is -0.0681. The summed E-state index contributed by atoms with van der Waals surface area (Å²) in [7, 11) is -3.24. The summed E-state index contributed by atoms with van der Waals surface area (Å²) in [6.07, 6.45) is 0. The first-order valence-corrected chi connectivity index (χ1v) is 9.54. The van der Waals surface area contributed by atoms with Gasteiger partial charge in [0.2, 0.25) is 9.05 Å². The van der Waals surface area contributed by atoms with Gasteiger partial charge in [0.1, 0.15) is 11.0 Å². The molecule has 1 aromatic carbocycles. The molecule has 0 radical (unpaired) electrons. The molecule has 0 fully saturated rings. The van der Waals surface area contributed by atoms with E-state index in [1.54, 1.807) is 6.07 Å². The van der Waals surface area contributed by atoms with Gasteiger partial charge in [-0.25, -0.2) is 21.2 Å². The van der Waals surface area contributed by atoms with Gasteiger partial charge in [-0.3, -0.25) is 0 Å². The van der Waals surface area contributed by atoms with Gasteiger partial charge in [-0.1, -0.05) is 0 Å². The quantitative estimate of drug-likeness (QED) is 0.731. The minimum atomic E-state index is -4.15. The summed E-state index contributed by atoms with van der Waals surface area (Å²) in [5, 5.41) is 8.65. The van der Waals surface area contributed by atoms with E-state index in [9.17, 15) is 21.2 Å². The first kappa shape index (κ1) is 16.4. The molecule has 0 saturated carbocycles. The van der Waals surface area contributed by atoms with E-state index >= 15 is 0 Å². The van der Waals surface area contributed by atoms with Crippen LogP contribution in [0.15, 0.2) is 21.5 Å². The smallest absolute Gasteiger partial charge is 0.224 e. The van der Waals surface area contributed by atoms with Crippen LogP contribution in [0.2, 0.25) is 0 Å². The van der Waals surface area contributed by atoms with Gasteiger partial charge in [-0.15, -0.1) is 0 Å². The van der Waals surface area contributed by atoms with Crippen molar-refractivity contribution in [3.8, 4) is 6.07 Å². The molecule has 0 amide bonds. The molecule has 0 aliphatic rings. The van der Waals surface area contributed by atoms with Crippen molar-refractivity contribution in [3.63, 3.8) is 0 Å². The van der Waals surface area contributed by atoms with E-state index in [1.807, 2.05) is 0 Å². The molecule has 1 rings (SSSR count). The van der Waals surface area contributed by atoms with Crippen molar-refractivity contribution in [3.05, 3.63) is 28.0 Å². The minimum absolute atomic E-state index is 0.0681. The number of sulfone groups is 1. The van der Waals surface area contributed by atoms with E-state index in [-0.39, 0.29) is 10.0 Å². The maximum absolute atomic E-state index is 13.8. The highest BCUT2D eigenvalue weighted by Gasteiger charge is 2.24. The van der Waals surface area contributed by atoms with E-state index in [1.165, 1.54) is 0 Å². The Hall–Kier alpha value is -0.690. The van der Waals surface area contributed by atoms with Gasteiger partial charge < -0.3 is 0 Å². The topological polar surface area (TPSA) is 92.1 Å². The van der Waals surface area contributed by atoms with Crippen molar-refractivity contribution in [2.75, 3.05) is 11.5 Å². The minimum Gasteiger partial charge on any atom is -0.224 e. The van der Waals surface area contributed by atoms with Gasteiger partial charge in [0.05, 0.1) is 21.5 Å². The Balaban J connectivity index is 3.24. The summed E-state index contributed by atoms with van der Waals surface area (Å²) < 4.78 is 58.5. The lowest BCUT2D eigenvalue weighted by atomic mass is 10.2. The second-order valence-electron chi connectivity index (χ2n) is 3.41. The highest BCUT2D eigenvalue weighted by atomic mass is 79.9. The summed E-state index contributed by atoms with van der Waals surface area (Å²) in [5.74, 6) is -2.80. The molecule has 0 aliphatic heterocycles. The SMILES string of the molecule is N#Cc1ccc(S(=O)(=O)CCS(=O)(=O)Cl)c(F)c1Br. The van der Waals surface area contributed by atoms with Crippen LogP contribution in [0.5, 0.6) is 0 Å². The number of nitriles is 1. The molecule has 0 unspecified atom stereocenters. The van der Waals surface area contributed by atoms with Crippen molar-refractivity contribution in [2.24, 2.45) is 0 Å². The second-order valence-corrected chi connectivity index (χ2v) is 9.18. The molecule has 19 heavy (non-hydrogen) atoms. The zero-order valence-electron chi connectivity index (χ0n) is 9.10. The fraction of sp³-hybridized carbons (Fsp3) is 0.222. The number of nitrogens with zero attached hydrogens (tertiary/aromatic N) is 1. The van der Waals surface area contributed by atoms with Gasteiger partial charge >= 0.3 is 0 Å². The van der Waals surface area contributed by atoms with Crippen molar-refractivity contribution in [1.82, 2.24) is 0 Å². The molecule has 1 aromatic rings. The summed E-state index contributed by atoms with van der Waals surface area (Å²) in [6.45, 7) is 0. The molecule has 0 atom stereocenters. The van der Waals surface area contributed by atoms with E-state index in [4.69, 9.17) is 15.9 Å². The molecule has 0 aliphatic carbocycles. The Bertz CT molecular complexity index is 755. The summed E-state index contributed by atoms with van der Waals surface area (Å²) >= 11 is 2.77.